The molecule has 2 heterocycles. The fourth-order valence-electron chi connectivity index (χ4n) is 3.19. The molecule has 2 aliphatic rings. The number of methoxy groups -OCH3 is 1. The van der Waals surface area contributed by atoms with Crippen molar-refractivity contribution in [3.05, 3.63) is 29.8 Å². The lowest BCUT2D eigenvalue weighted by molar-refractivity contribution is -0.134. The third kappa shape index (κ3) is 4.70. The molecule has 2 amide bonds. The average molecular weight is 347 g/mol. The van der Waals surface area contributed by atoms with Crippen molar-refractivity contribution >= 4 is 11.8 Å². The maximum absolute atomic E-state index is 12.2. The molecule has 2 N–H and O–H groups in total. The summed E-state index contributed by atoms with van der Waals surface area (Å²) in [5.74, 6) is 0.974. The van der Waals surface area contributed by atoms with E-state index in [1.54, 1.807) is 7.11 Å². The summed E-state index contributed by atoms with van der Waals surface area (Å²) in [4.78, 5) is 26.1. The normalized spacial score (nSPS) is 23.6. The van der Waals surface area contributed by atoms with Gasteiger partial charge in [0.05, 0.1) is 13.7 Å². The standard InChI is InChI=1S/C18H25N3O4/c1-24-15-4-2-13(3-5-15)11-21-12-14(8-17(21)22)9-20-18(23)16-10-19-6-7-25-16/h2-5,14,16,19H,6-12H2,1H3,(H,20,23). The summed E-state index contributed by atoms with van der Waals surface area (Å²) in [7, 11) is 1.63. The number of ether oxygens (including phenoxy) is 2. The van der Waals surface area contributed by atoms with E-state index >= 15 is 0 Å². The SMILES string of the molecule is COc1ccc(CN2CC(CNC(=O)C3CNCCO3)CC2=O)cc1. The zero-order valence-corrected chi connectivity index (χ0v) is 14.5. The summed E-state index contributed by atoms with van der Waals surface area (Å²) >= 11 is 0. The fourth-order valence-corrected chi connectivity index (χ4v) is 3.19. The van der Waals surface area contributed by atoms with Gasteiger partial charge in [0.1, 0.15) is 11.9 Å². The van der Waals surface area contributed by atoms with Gasteiger partial charge in [-0.1, -0.05) is 12.1 Å². The minimum atomic E-state index is -0.429. The molecule has 0 bridgehead atoms. The van der Waals surface area contributed by atoms with Gasteiger partial charge in [-0.15, -0.1) is 0 Å². The van der Waals surface area contributed by atoms with Gasteiger partial charge in [-0.25, -0.2) is 0 Å². The highest BCUT2D eigenvalue weighted by atomic mass is 16.5. The Bertz CT molecular complexity index is 599. The molecular weight excluding hydrogens is 322 g/mol. The minimum absolute atomic E-state index is 0.103. The van der Waals surface area contributed by atoms with Crippen molar-refractivity contribution in [1.82, 2.24) is 15.5 Å². The Morgan fingerprint density at radius 3 is 2.88 bits per heavy atom. The van der Waals surface area contributed by atoms with Crippen LogP contribution in [0.3, 0.4) is 0 Å². The number of nitrogens with zero attached hydrogens (tertiary/aromatic N) is 1. The molecule has 7 nitrogen and oxygen atoms in total. The third-order valence-electron chi connectivity index (χ3n) is 4.61. The Labute approximate surface area is 147 Å². The average Bonchev–Trinajstić information content (AvgIpc) is 3.00. The van der Waals surface area contributed by atoms with Gasteiger partial charge >= 0.3 is 0 Å². The number of carbonyl (C=O) groups excluding carboxylic acids is 2. The lowest BCUT2D eigenvalue weighted by atomic mass is 10.1. The topological polar surface area (TPSA) is 79.9 Å². The summed E-state index contributed by atoms with van der Waals surface area (Å²) in [6, 6.07) is 7.72. The van der Waals surface area contributed by atoms with Crippen molar-refractivity contribution in [3.63, 3.8) is 0 Å². The fraction of sp³-hybridized carbons (Fsp3) is 0.556. The van der Waals surface area contributed by atoms with Crippen molar-refractivity contribution in [1.29, 1.82) is 0 Å². The Hall–Kier alpha value is -2.12. The van der Waals surface area contributed by atoms with E-state index in [0.717, 1.165) is 17.9 Å². The van der Waals surface area contributed by atoms with Crippen molar-refractivity contribution in [3.8, 4) is 5.75 Å². The van der Waals surface area contributed by atoms with Gasteiger partial charge in [0.25, 0.3) is 0 Å². The first kappa shape index (κ1) is 17.7. The second-order valence-electron chi connectivity index (χ2n) is 6.50. The van der Waals surface area contributed by atoms with E-state index < -0.39 is 6.10 Å². The molecule has 2 aliphatic heterocycles. The highest BCUT2D eigenvalue weighted by molar-refractivity contribution is 5.82. The molecule has 2 atom stereocenters. The van der Waals surface area contributed by atoms with Gasteiger partial charge in [0.2, 0.25) is 11.8 Å². The predicted octanol–water partition coefficient (Wildman–Crippen LogP) is 0.148. The van der Waals surface area contributed by atoms with E-state index in [1.165, 1.54) is 0 Å². The van der Waals surface area contributed by atoms with Crippen LogP contribution in [0, 0.1) is 5.92 Å². The maximum atomic E-state index is 12.2. The molecule has 2 fully saturated rings. The molecule has 0 aromatic heterocycles. The quantitative estimate of drug-likeness (QED) is 0.766. The van der Waals surface area contributed by atoms with Crippen LogP contribution in [0.4, 0.5) is 0 Å². The summed E-state index contributed by atoms with van der Waals surface area (Å²) in [5, 5.41) is 6.05. The predicted molar refractivity (Wildman–Crippen MR) is 92.1 cm³/mol. The van der Waals surface area contributed by atoms with E-state index in [0.29, 0.717) is 39.2 Å². The molecule has 0 aliphatic carbocycles. The smallest absolute Gasteiger partial charge is 0.250 e. The maximum Gasteiger partial charge on any atom is 0.250 e. The number of likely N-dealkylation sites (tertiary alicyclic amines) is 1. The summed E-state index contributed by atoms with van der Waals surface area (Å²) < 4.78 is 10.6. The second-order valence-corrected chi connectivity index (χ2v) is 6.50. The largest absolute Gasteiger partial charge is 0.497 e. The van der Waals surface area contributed by atoms with Gasteiger partial charge in [-0.2, -0.15) is 0 Å². The van der Waals surface area contributed by atoms with Crippen LogP contribution in [-0.4, -0.2) is 62.7 Å². The van der Waals surface area contributed by atoms with Crippen molar-refractivity contribution in [2.45, 2.75) is 19.1 Å². The summed E-state index contributed by atoms with van der Waals surface area (Å²) in [5.41, 5.74) is 1.07. The van der Waals surface area contributed by atoms with Crippen LogP contribution in [0.15, 0.2) is 24.3 Å². The van der Waals surface area contributed by atoms with Crippen molar-refractivity contribution in [2.24, 2.45) is 5.92 Å². The van der Waals surface area contributed by atoms with E-state index in [4.69, 9.17) is 9.47 Å². The number of nitrogens with one attached hydrogen (secondary N) is 2. The van der Waals surface area contributed by atoms with Crippen LogP contribution in [0.25, 0.3) is 0 Å². The van der Waals surface area contributed by atoms with Gasteiger partial charge in [0, 0.05) is 45.1 Å². The van der Waals surface area contributed by atoms with E-state index in [2.05, 4.69) is 10.6 Å². The molecule has 0 saturated carbocycles. The molecular formula is C18H25N3O4. The minimum Gasteiger partial charge on any atom is -0.497 e. The van der Waals surface area contributed by atoms with Crippen LogP contribution < -0.4 is 15.4 Å². The highest BCUT2D eigenvalue weighted by Gasteiger charge is 2.30. The van der Waals surface area contributed by atoms with Gasteiger partial charge in [0.15, 0.2) is 0 Å². The number of amides is 2. The molecule has 0 radical (unpaired) electrons. The highest BCUT2D eigenvalue weighted by Crippen LogP contribution is 2.21. The molecule has 25 heavy (non-hydrogen) atoms. The van der Waals surface area contributed by atoms with Crippen LogP contribution >= 0.6 is 0 Å². The second kappa shape index (κ2) is 8.31. The molecule has 1 aromatic carbocycles. The van der Waals surface area contributed by atoms with Crippen molar-refractivity contribution in [2.75, 3.05) is 39.9 Å². The number of rotatable bonds is 6. The van der Waals surface area contributed by atoms with Crippen LogP contribution in [0.5, 0.6) is 5.75 Å². The Morgan fingerprint density at radius 1 is 1.40 bits per heavy atom. The number of hydrogen-bond donors (Lipinski definition) is 2. The molecule has 2 saturated heterocycles. The number of carbonyl (C=O) groups is 2. The Morgan fingerprint density at radius 2 is 2.20 bits per heavy atom. The zero-order valence-electron chi connectivity index (χ0n) is 14.5. The molecule has 136 valence electrons. The van der Waals surface area contributed by atoms with Crippen molar-refractivity contribution < 1.29 is 19.1 Å². The van der Waals surface area contributed by atoms with Gasteiger partial charge in [-0.3, -0.25) is 9.59 Å². The van der Waals surface area contributed by atoms with Gasteiger partial charge in [-0.05, 0) is 17.7 Å². The van der Waals surface area contributed by atoms with E-state index in [1.807, 2.05) is 29.2 Å². The first-order chi connectivity index (χ1) is 12.2. The summed E-state index contributed by atoms with van der Waals surface area (Å²) in [6.07, 6.45) is 0.0430. The van der Waals surface area contributed by atoms with E-state index in [9.17, 15) is 9.59 Å². The number of benzene rings is 1. The lowest BCUT2D eigenvalue weighted by Crippen LogP contribution is -2.48. The van der Waals surface area contributed by atoms with Crippen LogP contribution in [-0.2, 0) is 20.9 Å². The van der Waals surface area contributed by atoms with E-state index in [-0.39, 0.29) is 17.7 Å². The zero-order chi connectivity index (χ0) is 17.6. The third-order valence-corrected chi connectivity index (χ3v) is 4.61. The monoisotopic (exact) mass is 347 g/mol. The van der Waals surface area contributed by atoms with Gasteiger partial charge < -0.3 is 25.0 Å². The summed E-state index contributed by atoms with van der Waals surface area (Å²) in [6.45, 7) is 3.62. The number of morpholine rings is 1. The Balaban J connectivity index is 1.45. The molecule has 2 unspecified atom stereocenters. The first-order valence-electron chi connectivity index (χ1n) is 8.66. The van der Waals surface area contributed by atoms with Crippen LogP contribution in [0.2, 0.25) is 0 Å². The molecule has 1 aromatic rings. The molecule has 7 heteroatoms. The lowest BCUT2D eigenvalue weighted by Gasteiger charge is -2.23. The molecule has 3 rings (SSSR count). The Kier molecular flexibility index (Phi) is 5.88. The number of hydrogen-bond acceptors (Lipinski definition) is 5. The first-order valence-corrected chi connectivity index (χ1v) is 8.66. The molecule has 0 spiro atoms. The van der Waals surface area contributed by atoms with Crippen LogP contribution in [0.1, 0.15) is 12.0 Å².